The van der Waals surface area contributed by atoms with Gasteiger partial charge in [0.2, 0.25) is 5.91 Å². The Bertz CT molecular complexity index is 984. The number of amides is 1. The van der Waals surface area contributed by atoms with Gasteiger partial charge in [0.25, 0.3) is 0 Å². The third kappa shape index (κ3) is 5.39. The van der Waals surface area contributed by atoms with Crippen LogP contribution in [-0.4, -0.2) is 50.0 Å². The first-order valence-electron chi connectivity index (χ1n) is 10.9. The Morgan fingerprint density at radius 2 is 2.03 bits per heavy atom. The maximum Gasteiger partial charge on any atom is 0.222 e. The topological polar surface area (TPSA) is 47.9 Å². The molecule has 0 spiro atoms. The zero-order chi connectivity index (χ0) is 21.8. The largest absolute Gasteiger partial charge is 0.356 e. The molecule has 1 fully saturated rings. The number of nitrogens with one attached hydrogen (secondary N) is 1. The highest BCUT2D eigenvalue weighted by molar-refractivity contribution is 14.0. The van der Waals surface area contributed by atoms with Gasteiger partial charge >= 0.3 is 0 Å². The van der Waals surface area contributed by atoms with Crippen molar-refractivity contribution < 1.29 is 13.6 Å². The zero-order valence-corrected chi connectivity index (χ0v) is 20.5. The van der Waals surface area contributed by atoms with Crippen LogP contribution in [0.25, 0.3) is 0 Å². The summed E-state index contributed by atoms with van der Waals surface area (Å²) in [6.07, 6.45) is 2.97. The number of rotatable bonds is 6. The molecular weight excluding hydrogens is 525 g/mol. The van der Waals surface area contributed by atoms with Gasteiger partial charge in [-0.1, -0.05) is 24.3 Å². The number of hydrogen-bond acceptors (Lipinski definition) is 2. The molecule has 2 aromatic rings. The fourth-order valence-electron chi connectivity index (χ4n) is 4.52. The first kappa shape index (κ1) is 24.4. The van der Waals surface area contributed by atoms with Gasteiger partial charge in [-0.25, -0.2) is 8.78 Å². The summed E-state index contributed by atoms with van der Waals surface area (Å²) in [5.41, 5.74) is 2.85. The van der Waals surface area contributed by atoms with Gasteiger partial charge in [-0.2, -0.15) is 0 Å². The van der Waals surface area contributed by atoms with Crippen molar-refractivity contribution in [2.24, 2.45) is 4.99 Å². The van der Waals surface area contributed by atoms with Crippen LogP contribution in [0.4, 0.5) is 14.5 Å². The van der Waals surface area contributed by atoms with Gasteiger partial charge in [0, 0.05) is 57.3 Å². The van der Waals surface area contributed by atoms with E-state index in [1.807, 2.05) is 17.0 Å². The zero-order valence-electron chi connectivity index (χ0n) is 18.2. The Kier molecular flexibility index (Phi) is 8.44. The maximum atomic E-state index is 13.9. The average molecular weight is 554 g/mol. The molecule has 1 atom stereocenters. The predicted octanol–water partition coefficient (Wildman–Crippen LogP) is 4.32. The maximum absolute atomic E-state index is 13.9. The summed E-state index contributed by atoms with van der Waals surface area (Å²) in [6, 6.07) is 12.0. The Morgan fingerprint density at radius 1 is 1.22 bits per heavy atom. The molecular formula is C24H29F2IN4O. The quantitative estimate of drug-likeness (QED) is 0.329. The number of anilines is 1. The minimum absolute atomic E-state index is 0. The second kappa shape index (κ2) is 11.1. The van der Waals surface area contributed by atoms with Crippen LogP contribution in [0.1, 0.15) is 36.3 Å². The summed E-state index contributed by atoms with van der Waals surface area (Å²) in [6.45, 7) is 2.91. The summed E-state index contributed by atoms with van der Waals surface area (Å²) >= 11 is 0. The van der Waals surface area contributed by atoms with Crippen LogP contribution >= 0.6 is 24.0 Å². The van der Waals surface area contributed by atoms with Gasteiger partial charge in [0.15, 0.2) is 5.96 Å². The van der Waals surface area contributed by atoms with Crippen molar-refractivity contribution in [3.63, 3.8) is 0 Å². The highest BCUT2D eigenvalue weighted by Crippen LogP contribution is 2.38. The second-order valence-electron chi connectivity index (χ2n) is 8.10. The monoisotopic (exact) mass is 554 g/mol. The van der Waals surface area contributed by atoms with Crippen molar-refractivity contribution in [2.45, 2.75) is 31.6 Å². The number of hydrogen-bond donors (Lipinski definition) is 1. The van der Waals surface area contributed by atoms with Crippen molar-refractivity contribution in [1.82, 2.24) is 10.2 Å². The number of nitrogens with zero attached hydrogens (tertiary/aromatic N) is 3. The van der Waals surface area contributed by atoms with Crippen molar-refractivity contribution >= 4 is 41.5 Å². The summed E-state index contributed by atoms with van der Waals surface area (Å²) < 4.78 is 27.0. The third-order valence-corrected chi connectivity index (χ3v) is 6.15. The number of fused-ring (bicyclic) bond motifs is 1. The Morgan fingerprint density at radius 3 is 2.75 bits per heavy atom. The number of halogens is 3. The van der Waals surface area contributed by atoms with E-state index in [-0.39, 0.29) is 29.9 Å². The van der Waals surface area contributed by atoms with Crippen molar-refractivity contribution in [3.8, 4) is 0 Å². The number of guanidine groups is 1. The average Bonchev–Trinajstić information content (AvgIpc) is 3.34. The Hall–Kier alpha value is -2.23. The molecule has 1 N–H and O–H groups in total. The van der Waals surface area contributed by atoms with Gasteiger partial charge in [-0.3, -0.25) is 9.79 Å². The number of likely N-dealkylation sites (tertiary alicyclic amines) is 1. The van der Waals surface area contributed by atoms with E-state index in [1.165, 1.54) is 17.7 Å². The first-order chi connectivity index (χ1) is 15.1. The smallest absolute Gasteiger partial charge is 0.222 e. The van der Waals surface area contributed by atoms with Crippen LogP contribution in [0, 0.1) is 11.6 Å². The molecule has 2 aliphatic heterocycles. The lowest BCUT2D eigenvalue weighted by atomic mass is 9.98. The molecule has 0 aliphatic carbocycles. The number of aliphatic imine (C=N–C) groups is 1. The van der Waals surface area contributed by atoms with Gasteiger partial charge in [0.05, 0.1) is 0 Å². The fourth-order valence-corrected chi connectivity index (χ4v) is 4.52. The van der Waals surface area contributed by atoms with Gasteiger partial charge < -0.3 is 15.1 Å². The van der Waals surface area contributed by atoms with Gasteiger partial charge in [-0.05, 0) is 42.5 Å². The van der Waals surface area contributed by atoms with Crippen molar-refractivity contribution in [1.29, 1.82) is 0 Å². The van der Waals surface area contributed by atoms with E-state index in [0.717, 1.165) is 50.2 Å². The molecule has 0 radical (unpaired) electrons. The van der Waals surface area contributed by atoms with E-state index in [9.17, 15) is 13.6 Å². The molecule has 2 aromatic carbocycles. The van der Waals surface area contributed by atoms with Crippen molar-refractivity contribution in [2.75, 3.05) is 38.1 Å². The van der Waals surface area contributed by atoms with Crippen molar-refractivity contribution in [3.05, 3.63) is 65.2 Å². The van der Waals surface area contributed by atoms with E-state index in [2.05, 4.69) is 27.3 Å². The standard InChI is InChI=1S/C24H28F2N4O.HI/c1-27-24(28-12-10-17-8-9-19(25)15-21(17)26)30-16-18(20-5-2-3-6-22(20)30)11-14-29-13-4-7-23(29)31;/h2-3,5-6,8-9,15,18H,4,7,10-14,16H2,1H3,(H,27,28);1H. The number of para-hydroxylation sites is 1. The molecule has 32 heavy (non-hydrogen) atoms. The van der Waals surface area contributed by atoms with Crippen LogP contribution in [0.15, 0.2) is 47.5 Å². The third-order valence-electron chi connectivity index (χ3n) is 6.15. The van der Waals surface area contributed by atoms with Crippen LogP contribution < -0.4 is 10.2 Å². The molecule has 2 heterocycles. The summed E-state index contributed by atoms with van der Waals surface area (Å²) in [5, 5.41) is 3.32. The Balaban J connectivity index is 0.00000289. The molecule has 1 saturated heterocycles. The minimum atomic E-state index is -0.569. The molecule has 1 unspecified atom stereocenters. The summed E-state index contributed by atoms with van der Waals surface area (Å²) in [4.78, 5) is 20.5. The molecule has 172 valence electrons. The number of carbonyl (C=O) groups excluding carboxylic acids is 1. The molecule has 4 rings (SSSR count). The molecule has 0 aromatic heterocycles. The fraction of sp³-hybridized carbons (Fsp3) is 0.417. The van der Waals surface area contributed by atoms with E-state index in [1.54, 1.807) is 7.05 Å². The van der Waals surface area contributed by atoms with E-state index >= 15 is 0 Å². The minimum Gasteiger partial charge on any atom is -0.356 e. The first-order valence-corrected chi connectivity index (χ1v) is 10.9. The van der Waals surface area contributed by atoms with Gasteiger partial charge in [-0.15, -0.1) is 24.0 Å². The lowest BCUT2D eigenvalue weighted by Gasteiger charge is -2.23. The van der Waals surface area contributed by atoms with E-state index in [4.69, 9.17) is 0 Å². The number of carbonyl (C=O) groups is 1. The molecule has 1 amide bonds. The Labute approximate surface area is 204 Å². The van der Waals surface area contributed by atoms with Crippen LogP contribution in [0.3, 0.4) is 0 Å². The molecule has 5 nitrogen and oxygen atoms in total. The molecule has 0 saturated carbocycles. The highest BCUT2D eigenvalue weighted by Gasteiger charge is 2.32. The molecule has 0 bridgehead atoms. The van der Waals surface area contributed by atoms with Gasteiger partial charge in [0.1, 0.15) is 11.6 Å². The highest BCUT2D eigenvalue weighted by atomic mass is 127. The van der Waals surface area contributed by atoms with E-state index in [0.29, 0.717) is 30.9 Å². The summed E-state index contributed by atoms with van der Waals surface area (Å²) in [7, 11) is 1.74. The number of benzene rings is 2. The normalized spacial score (nSPS) is 18.0. The SMILES string of the molecule is CN=C(NCCc1ccc(F)cc1F)N1CC(CCN2CCCC2=O)c2ccccc21.I. The molecule has 2 aliphatic rings. The van der Waals surface area contributed by atoms with E-state index < -0.39 is 11.6 Å². The lowest BCUT2D eigenvalue weighted by Crippen LogP contribution is -2.42. The second-order valence-corrected chi connectivity index (χ2v) is 8.10. The summed E-state index contributed by atoms with van der Waals surface area (Å²) in [5.74, 6) is 0.209. The lowest BCUT2D eigenvalue weighted by molar-refractivity contribution is -0.127. The van der Waals surface area contributed by atoms with Crippen LogP contribution in [-0.2, 0) is 11.2 Å². The van der Waals surface area contributed by atoms with Crippen LogP contribution in [0.5, 0.6) is 0 Å². The molecule has 8 heteroatoms. The predicted molar refractivity (Wildman–Crippen MR) is 134 cm³/mol. The van der Waals surface area contributed by atoms with Crippen LogP contribution in [0.2, 0.25) is 0 Å².